The molecule has 116 valence electrons. The molecule has 1 saturated carbocycles. The van der Waals surface area contributed by atoms with E-state index >= 15 is 0 Å². The van der Waals surface area contributed by atoms with Crippen molar-refractivity contribution in [2.24, 2.45) is 5.92 Å². The van der Waals surface area contributed by atoms with Crippen LogP contribution in [0.2, 0.25) is 5.02 Å². The highest BCUT2D eigenvalue weighted by atomic mass is 35.5. The third-order valence-corrected chi connectivity index (χ3v) is 4.06. The van der Waals surface area contributed by atoms with Gasteiger partial charge < -0.3 is 20.1 Å². The molecule has 2 unspecified atom stereocenters. The van der Waals surface area contributed by atoms with E-state index in [2.05, 4.69) is 10.6 Å². The van der Waals surface area contributed by atoms with E-state index in [4.69, 9.17) is 21.1 Å². The van der Waals surface area contributed by atoms with E-state index in [1.165, 1.54) is 0 Å². The Morgan fingerprint density at radius 2 is 2.19 bits per heavy atom. The van der Waals surface area contributed by atoms with Crippen molar-refractivity contribution in [3.8, 4) is 5.75 Å². The van der Waals surface area contributed by atoms with Crippen molar-refractivity contribution >= 4 is 23.3 Å². The van der Waals surface area contributed by atoms with E-state index in [1.54, 1.807) is 32.4 Å². The average molecular weight is 313 g/mol. The summed E-state index contributed by atoms with van der Waals surface area (Å²) in [5.41, 5.74) is 0.639. The van der Waals surface area contributed by atoms with Gasteiger partial charge in [0.1, 0.15) is 5.75 Å². The van der Waals surface area contributed by atoms with Gasteiger partial charge in [0.15, 0.2) is 0 Å². The van der Waals surface area contributed by atoms with Gasteiger partial charge in [-0.3, -0.25) is 0 Å². The normalized spacial score (nSPS) is 21.1. The lowest BCUT2D eigenvalue weighted by molar-refractivity contribution is 0.142. The summed E-state index contributed by atoms with van der Waals surface area (Å²) in [4.78, 5) is 12.0. The van der Waals surface area contributed by atoms with Crippen LogP contribution in [-0.4, -0.2) is 32.9 Å². The SMILES string of the molecule is COCC1CCCC1NC(=O)Nc1ccc(OC)c(Cl)c1. The zero-order valence-electron chi connectivity index (χ0n) is 12.3. The van der Waals surface area contributed by atoms with Crippen molar-refractivity contribution in [2.45, 2.75) is 25.3 Å². The number of halogens is 1. The Kier molecular flexibility index (Phi) is 5.70. The number of ether oxygens (including phenoxy) is 2. The highest BCUT2D eigenvalue weighted by Gasteiger charge is 2.28. The first-order valence-corrected chi connectivity index (χ1v) is 7.42. The average Bonchev–Trinajstić information content (AvgIpc) is 2.86. The summed E-state index contributed by atoms with van der Waals surface area (Å²) in [7, 11) is 3.24. The Labute approximate surface area is 130 Å². The number of hydrogen-bond donors (Lipinski definition) is 2. The van der Waals surface area contributed by atoms with Crippen molar-refractivity contribution in [1.82, 2.24) is 5.32 Å². The molecule has 0 bridgehead atoms. The topological polar surface area (TPSA) is 59.6 Å². The lowest BCUT2D eigenvalue weighted by atomic mass is 10.1. The number of benzene rings is 1. The molecule has 0 saturated heterocycles. The first kappa shape index (κ1) is 15.9. The van der Waals surface area contributed by atoms with Crippen LogP contribution in [0.3, 0.4) is 0 Å². The minimum Gasteiger partial charge on any atom is -0.495 e. The van der Waals surface area contributed by atoms with E-state index in [1.807, 2.05) is 0 Å². The van der Waals surface area contributed by atoms with E-state index in [0.717, 1.165) is 19.3 Å². The van der Waals surface area contributed by atoms with Crippen LogP contribution in [0, 0.1) is 5.92 Å². The molecule has 2 atom stereocenters. The smallest absolute Gasteiger partial charge is 0.319 e. The molecule has 1 aromatic carbocycles. The zero-order valence-corrected chi connectivity index (χ0v) is 13.1. The maximum atomic E-state index is 12.0. The summed E-state index contributed by atoms with van der Waals surface area (Å²) in [6.07, 6.45) is 3.20. The molecule has 1 aromatic rings. The fourth-order valence-corrected chi connectivity index (χ4v) is 2.98. The molecule has 2 rings (SSSR count). The van der Waals surface area contributed by atoms with E-state index in [9.17, 15) is 4.79 Å². The molecule has 6 heteroatoms. The van der Waals surface area contributed by atoms with Gasteiger partial charge in [0.2, 0.25) is 0 Å². The fourth-order valence-electron chi connectivity index (χ4n) is 2.72. The van der Waals surface area contributed by atoms with Gasteiger partial charge in [-0.2, -0.15) is 0 Å². The van der Waals surface area contributed by atoms with Crippen LogP contribution in [0.4, 0.5) is 10.5 Å². The van der Waals surface area contributed by atoms with Gasteiger partial charge in [0.05, 0.1) is 18.7 Å². The number of urea groups is 1. The summed E-state index contributed by atoms with van der Waals surface area (Å²) >= 11 is 6.03. The second kappa shape index (κ2) is 7.52. The molecule has 5 nitrogen and oxygen atoms in total. The Balaban J connectivity index is 1.91. The van der Waals surface area contributed by atoms with Gasteiger partial charge in [-0.25, -0.2) is 4.79 Å². The molecule has 21 heavy (non-hydrogen) atoms. The van der Waals surface area contributed by atoms with E-state index in [0.29, 0.717) is 29.0 Å². The quantitative estimate of drug-likeness (QED) is 0.877. The molecule has 2 amide bonds. The Morgan fingerprint density at radius 1 is 1.38 bits per heavy atom. The van der Waals surface area contributed by atoms with Crippen LogP contribution in [0.15, 0.2) is 18.2 Å². The maximum Gasteiger partial charge on any atom is 0.319 e. The number of anilines is 1. The Bertz CT molecular complexity index is 496. The first-order chi connectivity index (χ1) is 10.1. The monoisotopic (exact) mass is 312 g/mol. The summed E-state index contributed by atoms with van der Waals surface area (Å²) in [5, 5.41) is 6.26. The van der Waals surface area contributed by atoms with E-state index < -0.39 is 0 Å². The van der Waals surface area contributed by atoms with Gasteiger partial charge >= 0.3 is 6.03 Å². The molecule has 2 N–H and O–H groups in total. The van der Waals surface area contributed by atoms with Crippen LogP contribution in [0.1, 0.15) is 19.3 Å². The third-order valence-electron chi connectivity index (χ3n) is 3.77. The summed E-state index contributed by atoms with van der Waals surface area (Å²) in [5.74, 6) is 0.971. The number of amides is 2. The minimum atomic E-state index is -0.218. The van der Waals surface area contributed by atoms with Gasteiger partial charge in [-0.15, -0.1) is 0 Å². The van der Waals surface area contributed by atoms with Crippen LogP contribution in [0.5, 0.6) is 5.75 Å². The van der Waals surface area contributed by atoms with Crippen LogP contribution < -0.4 is 15.4 Å². The maximum absolute atomic E-state index is 12.0. The molecule has 0 aliphatic heterocycles. The van der Waals surface area contributed by atoms with Crippen molar-refractivity contribution in [2.75, 3.05) is 26.1 Å². The molecule has 0 heterocycles. The van der Waals surface area contributed by atoms with Crippen molar-refractivity contribution < 1.29 is 14.3 Å². The number of nitrogens with one attached hydrogen (secondary N) is 2. The molecular weight excluding hydrogens is 292 g/mol. The van der Waals surface area contributed by atoms with E-state index in [-0.39, 0.29) is 12.1 Å². The van der Waals surface area contributed by atoms with Gasteiger partial charge in [-0.05, 0) is 31.0 Å². The molecular formula is C15H21ClN2O3. The first-order valence-electron chi connectivity index (χ1n) is 7.04. The Morgan fingerprint density at radius 3 is 2.86 bits per heavy atom. The van der Waals surface area contributed by atoms with Crippen molar-refractivity contribution in [3.63, 3.8) is 0 Å². The number of carbonyl (C=O) groups excluding carboxylic acids is 1. The standard InChI is InChI=1S/C15H21ClN2O3/c1-20-9-10-4-3-5-13(10)18-15(19)17-11-6-7-14(21-2)12(16)8-11/h6-8,10,13H,3-5,9H2,1-2H3,(H2,17,18,19). The number of carbonyl (C=O) groups is 1. The second-order valence-electron chi connectivity index (χ2n) is 5.20. The predicted octanol–water partition coefficient (Wildman–Crippen LogP) is 3.29. The third kappa shape index (κ3) is 4.25. The lowest BCUT2D eigenvalue weighted by Gasteiger charge is -2.20. The highest BCUT2D eigenvalue weighted by Crippen LogP contribution is 2.28. The van der Waals surface area contributed by atoms with Crippen LogP contribution in [-0.2, 0) is 4.74 Å². The summed E-state index contributed by atoms with van der Waals surface area (Å²) in [6, 6.07) is 5.09. The second-order valence-corrected chi connectivity index (χ2v) is 5.61. The van der Waals surface area contributed by atoms with Crippen LogP contribution >= 0.6 is 11.6 Å². The molecule has 0 aromatic heterocycles. The lowest BCUT2D eigenvalue weighted by Crippen LogP contribution is -2.41. The zero-order chi connectivity index (χ0) is 15.2. The molecule has 1 aliphatic rings. The molecule has 1 aliphatic carbocycles. The van der Waals surface area contributed by atoms with Gasteiger partial charge in [-0.1, -0.05) is 18.0 Å². The minimum absolute atomic E-state index is 0.165. The number of hydrogen-bond acceptors (Lipinski definition) is 3. The number of methoxy groups -OCH3 is 2. The summed E-state index contributed by atoms with van der Waals surface area (Å²) in [6.45, 7) is 0.680. The van der Waals surface area contributed by atoms with Gasteiger partial charge in [0, 0.05) is 24.8 Å². The van der Waals surface area contributed by atoms with Crippen LogP contribution in [0.25, 0.3) is 0 Å². The van der Waals surface area contributed by atoms with Crippen molar-refractivity contribution in [3.05, 3.63) is 23.2 Å². The molecule has 0 radical (unpaired) electrons. The number of rotatable bonds is 5. The van der Waals surface area contributed by atoms with Crippen molar-refractivity contribution in [1.29, 1.82) is 0 Å². The Hall–Kier alpha value is -1.46. The summed E-state index contributed by atoms with van der Waals surface area (Å²) < 4.78 is 10.3. The fraction of sp³-hybridized carbons (Fsp3) is 0.533. The highest BCUT2D eigenvalue weighted by molar-refractivity contribution is 6.32. The molecule has 1 fully saturated rings. The largest absolute Gasteiger partial charge is 0.495 e. The predicted molar refractivity (Wildman–Crippen MR) is 83.2 cm³/mol. The van der Waals surface area contributed by atoms with Gasteiger partial charge in [0.25, 0.3) is 0 Å². The molecule has 0 spiro atoms.